The van der Waals surface area contributed by atoms with Crippen molar-refractivity contribution in [2.24, 2.45) is 0 Å². The molecule has 1 atom stereocenters. The zero-order chi connectivity index (χ0) is 16.6. The van der Waals surface area contributed by atoms with Crippen LogP contribution in [0.15, 0.2) is 40.1 Å². The number of hydrogen-bond acceptors (Lipinski definition) is 5. The van der Waals surface area contributed by atoms with E-state index >= 15 is 0 Å². The van der Waals surface area contributed by atoms with Gasteiger partial charge in [0.25, 0.3) is 11.5 Å². The number of rotatable bonds is 3. The number of amides is 2. The van der Waals surface area contributed by atoms with Gasteiger partial charge in [-0.05, 0) is 12.1 Å². The quantitative estimate of drug-likeness (QED) is 0.705. The maximum Gasteiger partial charge on any atom is 0.325 e. The second-order valence-electron chi connectivity index (χ2n) is 4.91. The summed E-state index contributed by atoms with van der Waals surface area (Å²) in [4.78, 5) is 52.5. The van der Waals surface area contributed by atoms with Gasteiger partial charge in [-0.15, -0.1) is 0 Å². The molecule has 1 aromatic heterocycles. The summed E-state index contributed by atoms with van der Waals surface area (Å²) in [7, 11) is 0. The van der Waals surface area contributed by atoms with Gasteiger partial charge in [0.2, 0.25) is 5.91 Å². The molecule has 3 rings (SSSR count). The number of anilines is 2. The van der Waals surface area contributed by atoms with Gasteiger partial charge >= 0.3 is 5.69 Å². The summed E-state index contributed by atoms with van der Waals surface area (Å²) < 4.78 is 0. The molecule has 1 saturated heterocycles. The van der Waals surface area contributed by atoms with Crippen LogP contribution in [0.5, 0.6) is 0 Å². The number of nitrogens with one attached hydrogen (secondary N) is 3. The summed E-state index contributed by atoms with van der Waals surface area (Å²) >= 11 is 6.02. The van der Waals surface area contributed by atoms with Crippen LogP contribution in [0.1, 0.15) is 6.42 Å². The van der Waals surface area contributed by atoms with E-state index < -0.39 is 29.1 Å². The molecule has 1 aliphatic heterocycles. The number of imide groups is 1. The molecule has 0 spiro atoms. The molecular formula is C14H11ClN4O4. The summed E-state index contributed by atoms with van der Waals surface area (Å²) in [6, 6.07) is 5.57. The molecule has 23 heavy (non-hydrogen) atoms. The van der Waals surface area contributed by atoms with Crippen LogP contribution in [0.2, 0.25) is 5.02 Å². The lowest BCUT2D eigenvalue weighted by Crippen LogP contribution is -2.36. The number of hydrogen-bond donors (Lipinski definition) is 3. The monoisotopic (exact) mass is 334 g/mol. The Kier molecular flexibility index (Phi) is 3.75. The SMILES string of the molecule is O=C1C[C@@H](Nc2c[nH]c(=O)[nH]c2=O)C(=O)N1c1ccccc1Cl. The van der Waals surface area contributed by atoms with Crippen molar-refractivity contribution >= 4 is 34.8 Å². The second-order valence-corrected chi connectivity index (χ2v) is 5.31. The lowest BCUT2D eigenvalue weighted by Gasteiger charge is -2.16. The lowest BCUT2D eigenvalue weighted by molar-refractivity contribution is -0.121. The fraction of sp³-hybridized carbons (Fsp3) is 0.143. The van der Waals surface area contributed by atoms with E-state index in [1.165, 1.54) is 0 Å². The summed E-state index contributed by atoms with van der Waals surface area (Å²) in [5, 5.41) is 2.94. The van der Waals surface area contributed by atoms with Crippen molar-refractivity contribution in [2.75, 3.05) is 10.2 Å². The first-order chi connectivity index (χ1) is 11.0. The van der Waals surface area contributed by atoms with Gasteiger partial charge in [-0.1, -0.05) is 23.7 Å². The number of benzene rings is 1. The first kappa shape index (κ1) is 15.0. The van der Waals surface area contributed by atoms with Crippen LogP contribution in [0, 0.1) is 0 Å². The Labute approximate surface area is 134 Å². The van der Waals surface area contributed by atoms with Crippen LogP contribution in [0.25, 0.3) is 0 Å². The van der Waals surface area contributed by atoms with Gasteiger partial charge in [0, 0.05) is 6.20 Å². The summed E-state index contributed by atoms with van der Waals surface area (Å²) in [5.74, 6) is -0.949. The smallest absolute Gasteiger partial charge is 0.325 e. The molecule has 118 valence electrons. The van der Waals surface area contributed by atoms with Gasteiger partial charge in [-0.3, -0.25) is 19.4 Å². The van der Waals surface area contributed by atoms with E-state index in [1.807, 2.05) is 4.98 Å². The fourth-order valence-corrected chi connectivity index (χ4v) is 2.56. The van der Waals surface area contributed by atoms with Crippen LogP contribution in [0.3, 0.4) is 0 Å². The predicted molar refractivity (Wildman–Crippen MR) is 83.7 cm³/mol. The maximum atomic E-state index is 12.5. The molecule has 0 bridgehead atoms. The number of aromatic nitrogens is 2. The molecule has 1 fully saturated rings. The Balaban J connectivity index is 1.88. The van der Waals surface area contributed by atoms with Crippen molar-refractivity contribution in [3.05, 3.63) is 56.3 Å². The highest BCUT2D eigenvalue weighted by Crippen LogP contribution is 2.30. The summed E-state index contributed by atoms with van der Waals surface area (Å²) in [6.45, 7) is 0. The van der Waals surface area contributed by atoms with Gasteiger partial charge in [-0.2, -0.15) is 0 Å². The fourth-order valence-electron chi connectivity index (χ4n) is 2.34. The Morgan fingerprint density at radius 3 is 2.61 bits per heavy atom. The molecule has 9 heteroatoms. The number of halogens is 1. The van der Waals surface area contributed by atoms with E-state index in [2.05, 4.69) is 10.3 Å². The van der Waals surface area contributed by atoms with Crippen molar-refractivity contribution in [1.29, 1.82) is 0 Å². The maximum absolute atomic E-state index is 12.5. The Morgan fingerprint density at radius 1 is 1.17 bits per heavy atom. The van der Waals surface area contributed by atoms with E-state index in [0.717, 1.165) is 11.1 Å². The second kappa shape index (κ2) is 5.73. The molecule has 2 amide bonds. The average molecular weight is 335 g/mol. The molecule has 0 saturated carbocycles. The van der Waals surface area contributed by atoms with E-state index in [1.54, 1.807) is 24.3 Å². The van der Waals surface area contributed by atoms with E-state index in [-0.39, 0.29) is 17.1 Å². The number of H-pyrrole nitrogens is 2. The zero-order valence-electron chi connectivity index (χ0n) is 11.6. The standard InChI is InChI=1S/C14H11ClN4O4/c15-7-3-1-2-4-10(7)19-11(20)5-8(13(19)22)17-9-6-16-14(23)18-12(9)21/h1-4,6,8,17H,5H2,(H2,16,18,21,23)/t8-/m1/s1. The lowest BCUT2D eigenvalue weighted by atomic mass is 10.2. The molecule has 2 heterocycles. The summed E-state index contributed by atoms with van der Waals surface area (Å²) in [5.41, 5.74) is -1.04. The van der Waals surface area contributed by atoms with Crippen LogP contribution in [-0.2, 0) is 9.59 Å². The van der Waals surface area contributed by atoms with Crippen molar-refractivity contribution in [1.82, 2.24) is 9.97 Å². The summed E-state index contributed by atoms with van der Waals surface area (Å²) in [6.07, 6.45) is 1.03. The molecule has 0 unspecified atom stereocenters. The van der Waals surface area contributed by atoms with Crippen LogP contribution in [0.4, 0.5) is 11.4 Å². The Hall–Kier alpha value is -2.87. The molecule has 0 aliphatic carbocycles. The topological polar surface area (TPSA) is 115 Å². The third-order valence-electron chi connectivity index (χ3n) is 3.39. The first-order valence-corrected chi connectivity index (χ1v) is 7.05. The van der Waals surface area contributed by atoms with Gasteiger partial charge in [0.15, 0.2) is 0 Å². The minimum Gasteiger partial charge on any atom is -0.368 e. The minimum atomic E-state index is -0.911. The molecule has 3 N–H and O–H groups in total. The largest absolute Gasteiger partial charge is 0.368 e. The molecule has 8 nitrogen and oxygen atoms in total. The Morgan fingerprint density at radius 2 is 1.91 bits per heavy atom. The Bertz CT molecular complexity index is 904. The molecule has 2 aromatic rings. The number of para-hydroxylation sites is 1. The number of aromatic amines is 2. The van der Waals surface area contributed by atoms with Gasteiger partial charge in [0.05, 0.1) is 17.1 Å². The highest BCUT2D eigenvalue weighted by Gasteiger charge is 2.40. The van der Waals surface area contributed by atoms with Crippen LogP contribution in [-0.4, -0.2) is 27.8 Å². The van der Waals surface area contributed by atoms with E-state index in [9.17, 15) is 19.2 Å². The number of carbonyl (C=O) groups excluding carboxylic acids is 2. The predicted octanol–water partition coefficient (Wildman–Crippen LogP) is 0.461. The number of nitrogens with zero attached hydrogens (tertiary/aromatic N) is 1. The van der Waals surface area contributed by atoms with Crippen molar-refractivity contribution in [3.63, 3.8) is 0 Å². The van der Waals surface area contributed by atoms with E-state index in [4.69, 9.17) is 11.6 Å². The van der Waals surface area contributed by atoms with Gasteiger partial charge < -0.3 is 10.3 Å². The van der Waals surface area contributed by atoms with E-state index in [0.29, 0.717) is 5.69 Å². The average Bonchev–Trinajstić information content (AvgIpc) is 2.77. The minimum absolute atomic E-state index is 0.00300. The third kappa shape index (κ3) is 2.76. The number of carbonyl (C=O) groups is 2. The third-order valence-corrected chi connectivity index (χ3v) is 3.71. The van der Waals surface area contributed by atoms with Crippen LogP contribution < -0.4 is 21.5 Å². The molecule has 0 radical (unpaired) electrons. The van der Waals surface area contributed by atoms with Crippen molar-refractivity contribution in [2.45, 2.75) is 12.5 Å². The molecule has 1 aromatic carbocycles. The highest BCUT2D eigenvalue weighted by molar-refractivity contribution is 6.36. The van der Waals surface area contributed by atoms with Gasteiger partial charge in [-0.25, -0.2) is 9.69 Å². The zero-order valence-corrected chi connectivity index (χ0v) is 12.4. The molecule has 1 aliphatic rings. The first-order valence-electron chi connectivity index (χ1n) is 6.67. The molecular weight excluding hydrogens is 324 g/mol. The van der Waals surface area contributed by atoms with Crippen molar-refractivity contribution < 1.29 is 9.59 Å². The van der Waals surface area contributed by atoms with Crippen LogP contribution >= 0.6 is 11.6 Å². The highest BCUT2D eigenvalue weighted by atomic mass is 35.5. The normalized spacial score (nSPS) is 17.6. The van der Waals surface area contributed by atoms with Crippen molar-refractivity contribution in [3.8, 4) is 0 Å². The van der Waals surface area contributed by atoms with Gasteiger partial charge in [0.1, 0.15) is 11.7 Å².